The van der Waals surface area contributed by atoms with Gasteiger partial charge in [-0.05, 0) is 101 Å². The van der Waals surface area contributed by atoms with Gasteiger partial charge in [0.15, 0.2) is 0 Å². The average molecular weight is 691 g/mol. The van der Waals surface area contributed by atoms with Gasteiger partial charge in [-0.1, -0.05) is 51.5 Å². The van der Waals surface area contributed by atoms with Crippen LogP contribution in [0.25, 0.3) is 0 Å². The number of hydrogen-bond acceptors (Lipinski definition) is 6. The number of benzene rings is 1. The number of amides is 6. The van der Waals surface area contributed by atoms with E-state index < -0.39 is 52.7 Å². The van der Waals surface area contributed by atoms with Crippen molar-refractivity contribution in [2.75, 3.05) is 17.2 Å². The van der Waals surface area contributed by atoms with Gasteiger partial charge in [-0.15, -0.1) is 0 Å². The van der Waals surface area contributed by atoms with Crippen molar-refractivity contribution in [3.63, 3.8) is 0 Å². The number of nitrogens with zero attached hydrogens (tertiary/aromatic N) is 1. The van der Waals surface area contributed by atoms with E-state index in [1.54, 1.807) is 35.2 Å². The van der Waals surface area contributed by atoms with E-state index in [9.17, 15) is 28.8 Å². The molecule has 12 heteroatoms. The first-order valence-corrected chi connectivity index (χ1v) is 18.0. The van der Waals surface area contributed by atoms with Gasteiger partial charge in [0.05, 0.1) is 11.4 Å². The Morgan fingerprint density at radius 3 is 2.18 bits per heavy atom. The van der Waals surface area contributed by atoms with Crippen molar-refractivity contribution in [1.29, 1.82) is 0 Å². The smallest absolute Gasteiger partial charge is 0.315 e. The van der Waals surface area contributed by atoms with Crippen LogP contribution in [0.4, 0.5) is 16.2 Å². The molecule has 5 N–H and O–H groups in total. The fourth-order valence-corrected chi connectivity index (χ4v) is 7.85. The van der Waals surface area contributed by atoms with Crippen molar-refractivity contribution in [2.24, 2.45) is 16.2 Å². The van der Waals surface area contributed by atoms with E-state index in [2.05, 4.69) is 26.6 Å². The summed E-state index contributed by atoms with van der Waals surface area (Å²) < 4.78 is 0. The summed E-state index contributed by atoms with van der Waals surface area (Å²) in [5, 5.41) is 14.1. The molecule has 6 amide bonds. The SMILES string of the molecule is CC(C)(C)NC(=O)N[C@H](C(=O)N1C[C@]2(C[C@H]1C(=O)N[C@@H]1C/C=C/CCCCC(=O)Nc3ccccc3NC(=O)C1=O)CC21CCC1)C(C)(C)C. The van der Waals surface area contributed by atoms with Crippen molar-refractivity contribution in [3.05, 3.63) is 36.4 Å². The summed E-state index contributed by atoms with van der Waals surface area (Å²) in [5.41, 5.74) is -0.589. The third-order valence-corrected chi connectivity index (χ3v) is 10.8. The molecule has 12 nitrogen and oxygen atoms in total. The number of carbonyl (C=O) groups excluding carboxylic acids is 6. The van der Waals surface area contributed by atoms with Crippen molar-refractivity contribution in [2.45, 2.75) is 129 Å². The van der Waals surface area contributed by atoms with E-state index in [1.807, 2.05) is 47.6 Å². The number of Topliss-reactive ketones (excluding diaryl/α,β-unsaturated/α-hetero) is 1. The van der Waals surface area contributed by atoms with Gasteiger partial charge in [-0.3, -0.25) is 24.0 Å². The summed E-state index contributed by atoms with van der Waals surface area (Å²) in [4.78, 5) is 83.0. The lowest BCUT2D eigenvalue weighted by atomic mass is 9.74. The lowest BCUT2D eigenvalue weighted by Gasteiger charge is -2.36. The summed E-state index contributed by atoms with van der Waals surface area (Å²) >= 11 is 0. The molecule has 0 aromatic heterocycles. The van der Waals surface area contributed by atoms with Crippen molar-refractivity contribution in [1.82, 2.24) is 20.9 Å². The van der Waals surface area contributed by atoms with Gasteiger partial charge in [-0.2, -0.15) is 0 Å². The highest BCUT2D eigenvalue weighted by Gasteiger charge is 2.73. The predicted molar refractivity (Wildman–Crippen MR) is 191 cm³/mol. The molecule has 272 valence electrons. The molecule has 2 aliphatic heterocycles. The zero-order valence-electron chi connectivity index (χ0n) is 30.4. The van der Waals surface area contributed by atoms with E-state index >= 15 is 0 Å². The number of anilines is 2. The van der Waals surface area contributed by atoms with Crippen LogP contribution in [0.2, 0.25) is 0 Å². The van der Waals surface area contributed by atoms with Gasteiger partial charge in [0.2, 0.25) is 23.5 Å². The molecule has 0 unspecified atom stereocenters. The molecule has 5 rings (SSSR count). The maximum absolute atomic E-state index is 14.5. The second kappa shape index (κ2) is 14.2. The second-order valence-electron chi connectivity index (χ2n) is 16.9. The maximum Gasteiger partial charge on any atom is 0.315 e. The molecular weight excluding hydrogens is 636 g/mol. The molecule has 0 radical (unpaired) electrons. The van der Waals surface area contributed by atoms with Crippen LogP contribution in [0.3, 0.4) is 0 Å². The molecule has 3 fully saturated rings. The van der Waals surface area contributed by atoms with E-state index in [4.69, 9.17) is 0 Å². The van der Waals surface area contributed by atoms with Crippen LogP contribution in [0, 0.1) is 16.2 Å². The second-order valence-corrected chi connectivity index (χ2v) is 16.9. The molecule has 4 atom stereocenters. The van der Waals surface area contributed by atoms with Crippen LogP contribution in [0.5, 0.6) is 0 Å². The third kappa shape index (κ3) is 8.21. The summed E-state index contributed by atoms with van der Waals surface area (Å²) in [7, 11) is 0. The number of carbonyl (C=O) groups is 6. The number of fused-ring (bicyclic) bond motifs is 2. The third-order valence-electron chi connectivity index (χ3n) is 10.8. The molecule has 2 spiro atoms. The van der Waals surface area contributed by atoms with Gasteiger partial charge in [-0.25, -0.2) is 4.79 Å². The minimum absolute atomic E-state index is 0.0890. The number of ketones is 1. The zero-order chi connectivity index (χ0) is 36.5. The number of urea groups is 1. The molecule has 1 saturated heterocycles. The van der Waals surface area contributed by atoms with Crippen molar-refractivity contribution >= 4 is 46.8 Å². The number of para-hydroxylation sites is 2. The van der Waals surface area contributed by atoms with E-state index in [0.717, 1.165) is 32.1 Å². The normalized spacial score (nSPS) is 26.7. The fourth-order valence-electron chi connectivity index (χ4n) is 7.85. The van der Waals surface area contributed by atoms with Crippen LogP contribution < -0.4 is 26.6 Å². The van der Waals surface area contributed by atoms with E-state index in [0.29, 0.717) is 37.9 Å². The number of hydrogen-bond donors (Lipinski definition) is 5. The first-order valence-electron chi connectivity index (χ1n) is 18.0. The lowest BCUT2D eigenvalue weighted by molar-refractivity contribution is -0.143. The Hall–Kier alpha value is -4.22. The first kappa shape index (κ1) is 37.0. The Labute approximate surface area is 295 Å². The molecule has 2 aliphatic carbocycles. The highest BCUT2D eigenvalue weighted by Crippen LogP contribution is 2.77. The molecule has 2 heterocycles. The number of allylic oxidation sites excluding steroid dienone is 1. The van der Waals surface area contributed by atoms with Crippen LogP contribution in [-0.4, -0.2) is 70.6 Å². The van der Waals surface area contributed by atoms with E-state index in [1.165, 1.54) is 0 Å². The van der Waals surface area contributed by atoms with Crippen LogP contribution in [-0.2, 0) is 24.0 Å². The largest absolute Gasteiger partial charge is 0.344 e. The highest BCUT2D eigenvalue weighted by atomic mass is 16.2. The Bertz CT molecular complexity index is 1550. The van der Waals surface area contributed by atoms with Gasteiger partial charge >= 0.3 is 6.03 Å². The molecule has 1 aromatic carbocycles. The fraction of sp³-hybridized carbons (Fsp3) is 0.632. The van der Waals surface area contributed by atoms with Crippen molar-refractivity contribution in [3.8, 4) is 0 Å². The minimum atomic E-state index is -1.18. The van der Waals surface area contributed by atoms with Gasteiger partial charge in [0, 0.05) is 18.5 Å². The molecule has 50 heavy (non-hydrogen) atoms. The monoisotopic (exact) mass is 690 g/mol. The standard InChI is InChI=1S/C38H54N6O6/c1-35(2,3)30(42-34(50)43-36(4,5)6)33(49)44-23-38(22-37(38)19-14-20-37)21-27(44)31(47)41-26-17-10-8-7-9-11-18-28(45)39-24-15-12-13-16-25(24)40-32(48)29(26)46/h8,10,12-13,15-16,26-27,30H,7,9,11,14,17-23H2,1-6H3,(H,39,45)(H,40,48)(H,41,47)(H2,42,43,50)/b10-8+/t26-,27+,30-,38+/m1/s1. The van der Waals surface area contributed by atoms with Crippen LogP contribution in [0.15, 0.2) is 36.4 Å². The topological polar surface area (TPSA) is 166 Å². The van der Waals surface area contributed by atoms with Crippen LogP contribution in [0.1, 0.15) is 106 Å². The Kier molecular flexibility index (Phi) is 10.5. The summed E-state index contributed by atoms with van der Waals surface area (Å²) in [5.74, 6) is -2.78. The molecule has 2 saturated carbocycles. The lowest BCUT2D eigenvalue weighted by Crippen LogP contribution is -2.61. The molecule has 1 aromatic rings. The molecular formula is C38H54N6O6. The predicted octanol–water partition coefficient (Wildman–Crippen LogP) is 4.81. The van der Waals surface area contributed by atoms with Gasteiger partial charge < -0.3 is 31.5 Å². The maximum atomic E-state index is 14.5. The Balaban J connectivity index is 1.39. The van der Waals surface area contributed by atoms with Gasteiger partial charge in [0.25, 0.3) is 5.91 Å². The van der Waals surface area contributed by atoms with Crippen molar-refractivity contribution < 1.29 is 28.8 Å². The first-order chi connectivity index (χ1) is 23.4. The number of rotatable bonds is 4. The number of likely N-dealkylation sites (tertiary alicyclic amines) is 1. The quantitative estimate of drug-likeness (QED) is 0.225. The summed E-state index contributed by atoms with van der Waals surface area (Å²) in [6, 6.07) is 3.23. The van der Waals surface area contributed by atoms with Gasteiger partial charge in [0.1, 0.15) is 18.1 Å². The molecule has 0 bridgehead atoms. The Morgan fingerprint density at radius 2 is 1.58 bits per heavy atom. The summed E-state index contributed by atoms with van der Waals surface area (Å²) in [6.45, 7) is 11.6. The molecule has 4 aliphatic rings. The zero-order valence-corrected chi connectivity index (χ0v) is 30.4. The van der Waals surface area contributed by atoms with Crippen LogP contribution >= 0.6 is 0 Å². The summed E-state index contributed by atoms with van der Waals surface area (Å²) in [6.07, 6.45) is 10.8. The average Bonchev–Trinajstić information content (AvgIpc) is 3.51. The minimum Gasteiger partial charge on any atom is -0.344 e. The van der Waals surface area contributed by atoms with E-state index in [-0.39, 0.29) is 34.8 Å². The number of nitrogens with one attached hydrogen (secondary N) is 5. The Morgan fingerprint density at radius 1 is 0.900 bits per heavy atom. The highest BCUT2D eigenvalue weighted by molar-refractivity contribution is 6.43.